The fourth-order valence-electron chi connectivity index (χ4n) is 2.03. The minimum atomic E-state index is -0.367. The molecule has 0 aliphatic carbocycles. The minimum absolute atomic E-state index is 0.00622. The summed E-state index contributed by atoms with van der Waals surface area (Å²) in [6, 6.07) is 8.62. The van der Waals surface area contributed by atoms with Crippen molar-refractivity contribution in [2.45, 2.75) is 26.3 Å². The standard InChI is InChI=1S/C15H21N5O2/c1-10(2)12-5-3-11(4-6-12)9-17-7-8-18-15(21)13-14(16)20-22-19-13/h3-6,10,17H,7-9H2,1-2H3,(H2,16,20)(H,18,21)/p+1. The lowest BCUT2D eigenvalue weighted by Crippen LogP contribution is -2.84. The van der Waals surface area contributed by atoms with E-state index in [0.717, 1.165) is 13.1 Å². The van der Waals surface area contributed by atoms with Gasteiger partial charge in [0.25, 0.3) is 5.91 Å². The molecule has 1 amide bonds. The summed E-state index contributed by atoms with van der Waals surface area (Å²) in [5.41, 5.74) is 8.08. The second-order valence-corrected chi connectivity index (χ2v) is 5.43. The van der Waals surface area contributed by atoms with E-state index >= 15 is 0 Å². The molecule has 1 aromatic carbocycles. The van der Waals surface area contributed by atoms with Gasteiger partial charge in [-0.1, -0.05) is 38.1 Å². The normalized spacial score (nSPS) is 10.9. The first-order valence-electron chi connectivity index (χ1n) is 7.34. The minimum Gasteiger partial charge on any atom is -0.379 e. The van der Waals surface area contributed by atoms with Crippen molar-refractivity contribution in [3.8, 4) is 0 Å². The summed E-state index contributed by atoms with van der Waals surface area (Å²) in [4.78, 5) is 11.7. The third-order valence-electron chi connectivity index (χ3n) is 3.39. The second kappa shape index (κ2) is 7.56. The molecule has 0 saturated carbocycles. The molecule has 0 saturated heterocycles. The highest BCUT2D eigenvalue weighted by molar-refractivity contribution is 5.95. The molecule has 0 spiro atoms. The topological polar surface area (TPSA) is 111 Å². The number of hydrogen-bond acceptors (Lipinski definition) is 5. The molecule has 1 heterocycles. The number of aromatic nitrogens is 2. The van der Waals surface area contributed by atoms with E-state index in [1.54, 1.807) is 0 Å². The number of nitrogens with two attached hydrogens (primary N) is 2. The van der Waals surface area contributed by atoms with Gasteiger partial charge in [-0.05, 0) is 21.8 Å². The van der Waals surface area contributed by atoms with Crippen LogP contribution in [0.2, 0.25) is 0 Å². The molecule has 2 aromatic rings. The monoisotopic (exact) mass is 304 g/mol. The van der Waals surface area contributed by atoms with Gasteiger partial charge in [-0.2, -0.15) is 0 Å². The Morgan fingerprint density at radius 3 is 2.64 bits per heavy atom. The van der Waals surface area contributed by atoms with E-state index in [4.69, 9.17) is 5.73 Å². The highest BCUT2D eigenvalue weighted by Gasteiger charge is 2.15. The van der Waals surface area contributed by atoms with Crippen LogP contribution in [0.4, 0.5) is 5.82 Å². The third-order valence-corrected chi connectivity index (χ3v) is 3.39. The number of carbonyl (C=O) groups excluding carboxylic acids is 1. The van der Waals surface area contributed by atoms with Crippen LogP contribution >= 0.6 is 0 Å². The van der Waals surface area contributed by atoms with Gasteiger partial charge in [0.05, 0.1) is 13.1 Å². The zero-order valence-electron chi connectivity index (χ0n) is 12.9. The van der Waals surface area contributed by atoms with Crippen molar-refractivity contribution in [3.63, 3.8) is 0 Å². The quantitative estimate of drug-likeness (QED) is 0.636. The number of carbonyl (C=O) groups is 1. The summed E-state index contributed by atoms with van der Waals surface area (Å²) < 4.78 is 4.38. The number of benzene rings is 1. The average molecular weight is 304 g/mol. The first-order valence-corrected chi connectivity index (χ1v) is 7.34. The van der Waals surface area contributed by atoms with E-state index < -0.39 is 0 Å². The van der Waals surface area contributed by atoms with Crippen molar-refractivity contribution in [1.82, 2.24) is 15.6 Å². The summed E-state index contributed by atoms with van der Waals surface area (Å²) >= 11 is 0. The zero-order valence-corrected chi connectivity index (χ0v) is 12.9. The number of quaternary nitrogens is 1. The molecule has 0 fully saturated rings. The van der Waals surface area contributed by atoms with E-state index in [-0.39, 0.29) is 17.4 Å². The molecule has 0 radical (unpaired) electrons. The predicted molar refractivity (Wildman–Crippen MR) is 82.1 cm³/mol. The molecule has 2 rings (SSSR count). The zero-order chi connectivity index (χ0) is 15.9. The van der Waals surface area contributed by atoms with Gasteiger partial charge < -0.3 is 16.4 Å². The SMILES string of the molecule is CC(C)c1ccc(C[NH2+]CCNC(=O)c2nonc2N)cc1. The predicted octanol–water partition coefficient (Wildman–Crippen LogP) is 0.269. The van der Waals surface area contributed by atoms with Crippen LogP contribution in [0.5, 0.6) is 0 Å². The third kappa shape index (κ3) is 4.29. The average Bonchev–Trinajstić information content (AvgIpc) is 2.93. The van der Waals surface area contributed by atoms with Gasteiger partial charge in [0.2, 0.25) is 11.5 Å². The van der Waals surface area contributed by atoms with Gasteiger partial charge in [-0.25, -0.2) is 4.63 Å². The lowest BCUT2D eigenvalue weighted by molar-refractivity contribution is -0.668. The Labute approximate surface area is 129 Å². The van der Waals surface area contributed by atoms with Crippen molar-refractivity contribution in [1.29, 1.82) is 0 Å². The molecular formula is C15H22N5O2+. The van der Waals surface area contributed by atoms with Gasteiger partial charge in [-0.15, -0.1) is 0 Å². The van der Waals surface area contributed by atoms with Crippen molar-refractivity contribution in [2.75, 3.05) is 18.8 Å². The Balaban J connectivity index is 1.67. The molecule has 118 valence electrons. The number of rotatable bonds is 7. The van der Waals surface area contributed by atoms with Crippen LogP contribution in [0.15, 0.2) is 28.9 Å². The van der Waals surface area contributed by atoms with Crippen molar-refractivity contribution < 1.29 is 14.7 Å². The summed E-state index contributed by atoms with van der Waals surface area (Å²) in [6.07, 6.45) is 0. The number of hydrogen-bond donors (Lipinski definition) is 3. The molecule has 22 heavy (non-hydrogen) atoms. The summed E-state index contributed by atoms with van der Waals surface area (Å²) in [5.74, 6) is 0.187. The smallest absolute Gasteiger partial charge is 0.277 e. The van der Waals surface area contributed by atoms with Crippen LogP contribution < -0.4 is 16.4 Å². The van der Waals surface area contributed by atoms with Gasteiger partial charge in [0.15, 0.2) is 0 Å². The molecule has 7 heteroatoms. The van der Waals surface area contributed by atoms with E-state index in [2.05, 4.69) is 63.7 Å². The highest BCUT2D eigenvalue weighted by Crippen LogP contribution is 2.14. The van der Waals surface area contributed by atoms with Crippen LogP contribution in [-0.2, 0) is 6.54 Å². The number of nitrogen functional groups attached to an aromatic ring is 1. The number of nitrogens with one attached hydrogen (secondary N) is 1. The molecule has 0 bridgehead atoms. The van der Waals surface area contributed by atoms with Gasteiger partial charge in [0, 0.05) is 5.56 Å². The molecule has 5 N–H and O–H groups in total. The van der Waals surface area contributed by atoms with Crippen molar-refractivity contribution >= 4 is 11.7 Å². The maximum absolute atomic E-state index is 11.7. The number of anilines is 1. The molecule has 0 aliphatic rings. The van der Waals surface area contributed by atoms with Crippen LogP contribution in [0, 0.1) is 0 Å². The van der Waals surface area contributed by atoms with E-state index in [9.17, 15) is 4.79 Å². The molecule has 0 atom stereocenters. The molecule has 0 unspecified atom stereocenters. The number of nitrogens with zero attached hydrogens (tertiary/aromatic N) is 2. The van der Waals surface area contributed by atoms with Crippen LogP contribution in [0.1, 0.15) is 41.4 Å². The second-order valence-electron chi connectivity index (χ2n) is 5.43. The summed E-state index contributed by atoms with van der Waals surface area (Å²) in [7, 11) is 0. The first kappa shape index (κ1) is 16.0. The van der Waals surface area contributed by atoms with Gasteiger partial charge >= 0.3 is 0 Å². The fraction of sp³-hybridized carbons (Fsp3) is 0.400. The van der Waals surface area contributed by atoms with Gasteiger partial charge in [0.1, 0.15) is 6.54 Å². The van der Waals surface area contributed by atoms with E-state index in [1.165, 1.54) is 11.1 Å². The lowest BCUT2D eigenvalue weighted by atomic mass is 10.0. The molecule has 0 aliphatic heterocycles. The Hall–Kier alpha value is -2.41. The Morgan fingerprint density at radius 1 is 1.32 bits per heavy atom. The Kier molecular flexibility index (Phi) is 5.48. The van der Waals surface area contributed by atoms with E-state index in [1.807, 2.05) is 0 Å². The first-order chi connectivity index (χ1) is 10.6. The largest absolute Gasteiger partial charge is 0.379 e. The van der Waals surface area contributed by atoms with Crippen LogP contribution in [0.3, 0.4) is 0 Å². The fourth-order valence-corrected chi connectivity index (χ4v) is 2.03. The molecule has 1 aromatic heterocycles. The number of amides is 1. The molecule has 7 nitrogen and oxygen atoms in total. The van der Waals surface area contributed by atoms with Crippen LogP contribution in [-0.4, -0.2) is 29.3 Å². The molecular weight excluding hydrogens is 282 g/mol. The Bertz CT molecular complexity index is 607. The maximum Gasteiger partial charge on any atom is 0.277 e. The lowest BCUT2D eigenvalue weighted by Gasteiger charge is -2.07. The van der Waals surface area contributed by atoms with Crippen molar-refractivity contribution in [3.05, 3.63) is 41.1 Å². The van der Waals surface area contributed by atoms with Crippen LogP contribution in [0.25, 0.3) is 0 Å². The van der Waals surface area contributed by atoms with E-state index in [0.29, 0.717) is 12.5 Å². The van der Waals surface area contributed by atoms with Crippen molar-refractivity contribution in [2.24, 2.45) is 0 Å². The summed E-state index contributed by atoms with van der Waals surface area (Å²) in [5, 5.41) is 11.7. The maximum atomic E-state index is 11.7. The Morgan fingerprint density at radius 2 is 2.05 bits per heavy atom. The van der Waals surface area contributed by atoms with Gasteiger partial charge in [-0.3, -0.25) is 4.79 Å². The highest BCUT2D eigenvalue weighted by atomic mass is 16.6. The summed E-state index contributed by atoms with van der Waals surface area (Å²) in [6.45, 7) is 6.53.